The van der Waals surface area contributed by atoms with Gasteiger partial charge in [0.05, 0.1) is 12.7 Å². The highest BCUT2D eigenvalue weighted by Crippen LogP contribution is 2.06. The van der Waals surface area contributed by atoms with E-state index >= 15 is 0 Å². The molecule has 74 valence electrons. The molecule has 0 amide bonds. The molecule has 0 radical (unpaired) electrons. The van der Waals surface area contributed by atoms with Crippen molar-refractivity contribution in [2.75, 3.05) is 6.26 Å². The third-order valence-corrected chi connectivity index (χ3v) is 2.58. The second-order valence-corrected chi connectivity index (χ2v) is 5.16. The summed E-state index contributed by atoms with van der Waals surface area (Å²) in [5, 5.41) is 3.88. The van der Waals surface area contributed by atoms with Gasteiger partial charge in [0.25, 0.3) is 0 Å². The summed E-state index contributed by atoms with van der Waals surface area (Å²) in [6, 6.07) is -0.0349. The highest BCUT2D eigenvalue weighted by Gasteiger charge is 2.09. The Kier molecular flexibility index (Phi) is 2.72. The average Bonchev–Trinajstić information content (AvgIpc) is 2.32. The summed E-state index contributed by atoms with van der Waals surface area (Å²) < 4.78 is 23.6. The zero-order valence-corrected chi connectivity index (χ0v) is 8.45. The van der Waals surface area contributed by atoms with E-state index in [4.69, 9.17) is 5.73 Å². The smallest absolute Gasteiger partial charge is 0.178 e. The molecule has 2 N–H and O–H groups in total. The molecule has 0 aliphatic heterocycles. The lowest BCUT2D eigenvalue weighted by molar-refractivity contribution is 0.537. The Morgan fingerprint density at radius 2 is 2.31 bits per heavy atom. The third kappa shape index (κ3) is 2.82. The number of sulfone groups is 1. The van der Waals surface area contributed by atoms with Gasteiger partial charge in [-0.1, -0.05) is 0 Å². The van der Waals surface area contributed by atoms with Gasteiger partial charge in [-0.25, -0.2) is 8.42 Å². The molecule has 0 saturated carbocycles. The van der Waals surface area contributed by atoms with E-state index in [9.17, 15) is 8.42 Å². The molecule has 1 rings (SSSR count). The fourth-order valence-electron chi connectivity index (χ4n) is 0.931. The number of rotatable bonds is 3. The van der Waals surface area contributed by atoms with Crippen LogP contribution in [0, 0.1) is 0 Å². The minimum atomic E-state index is -3.14. The molecular formula is C7H13N3O2S. The van der Waals surface area contributed by atoms with Crippen molar-refractivity contribution in [3.05, 3.63) is 12.4 Å². The molecule has 1 unspecified atom stereocenters. The molecule has 0 fully saturated rings. The van der Waals surface area contributed by atoms with Gasteiger partial charge in [0.15, 0.2) is 9.84 Å². The number of hydrogen-bond acceptors (Lipinski definition) is 4. The fourth-order valence-corrected chi connectivity index (χ4v) is 1.48. The zero-order valence-electron chi connectivity index (χ0n) is 7.64. The lowest BCUT2D eigenvalue weighted by Gasteiger charge is -2.03. The van der Waals surface area contributed by atoms with E-state index in [0.29, 0.717) is 6.54 Å². The van der Waals surface area contributed by atoms with Crippen molar-refractivity contribution in [3.8, 4) is 0 Å². The molecule has 0 aromatic carbocycles. The first-order chi connectivity index (χ1) is 5.89. The predicted molar refractivity (Wildman–Crippen MR) is 49.0 cm³/mol. The van der Waals surface area contributed by atoms with E-state index in [1.54, 1.807) is 0 Å². The van der Waals surface area contributed by atoms with Gasteiger partial charge in [-0.3, -0.25) is 4.68 Å². The maximum atomic E-state index is 11.0. The topological polar surface area (TPSA) is 78.0 Å². The van der Waals surface area contributed by atoms with Gasteiger partial charge < -0.3 is 5.73 Å². The molecule has 0 bridgehead atoms. The van der Waals surface area contributed by atoms with Crippen molar-refractivity contribution in [3.63, 3.8) is 0 Å². The van der Waals surface area contributed by atoms with Crippen molar-refractivity contribution >= 4 is 9.84 Å². The SMILES string of the molecule is CC(N)Cn1cc(S(C)(=O)=O)cn1. The molecule has 0 spiro atoms. The van der Waals surface area contributed by atoms with E-state index in [0.717, 1.165) is 6.26 Å². The predicted octanol–water partition coefficient (Wildman–Crippen LogP) is -0.366. The summed E-state index contributed by atoms with van der Waals surface area (Å²) >= 11 is 0. The molecule has 5 nitrogen and oxygen atoms in total. The Bertz CT molecular complexity index is 380. The number of nitrogens with zero attached hydrogens (tertiary/aromatic N) is 2. The minimum Gasteiger partial charge on any atom is -0.326 e. The average molecular weight is 203 g/mol. The second kappa shape index (κ2) is 3.47. The molecule has 1 aromatic rings. The van der Waals surface area contributed by atoms with Crippen molar-refractivity contribution in [1.29, 1.82) is 0 Å². The van der Waals surface area contributed by atoms with Crippen LogP contribution in [-0.4, -0.2) is 30.5 Å². The summed E-state index contributed by atoms with van der Waals surface area (Å²) in [4.78, 5) is 0.230. The molecule has 0 saturated heterocycles. The largest absolute Gasteiger partial charge is 0.326 e. The molecule has 1 atom stereocenters. The van der Waals surface area contributed by atoms with E-state index in [1.807, 2.05) is 6.92 Å². The Hall–Kier alpha value is -0.880. The van der Waals surface area contributed by atoms with E-state index in [2.05, 4.69) is 5.10 Å². The molecule has 6 heteroatoms. The molecule has 0 aliphatic carbocycles. The van der Waals surface area contributed by atoms with Crippen LogP contribution in [-0.2, 0) is 16.4 Å². The minimum absolute atomic E-state index is 0.0349. The summed E-state index contributed by atoms with van der Waals surface area (Å²) in [6.07, 6.45) is 3.97. The molecule has 0 aliphatic rings. The van der Waals surface area contributed by atoms with E-state index < -0.39 is 9.84 Å². The highest BCUT2D eigenvalue weighted by atomic mass is 32.2. The monoisotopic (exact) mass is 203 g/mol. The van der Waals surface area contributed by atoms with Crippen LogP contribution >= 0.6 is 0 Å². The number of aromatic nitrogens is 2. The van der Waals surface area contributed by atoms with Crippen LogP contribution in [0.15, 0.2) is 17.3 Å². The highest BCUT2D eigenvalue weighted by molar-refractivity contribution is 7.90. The van der Waals surface area contributed by atoms with Crippen LogP contribution in [0.4, 0.5) is 0 Å². The van der Waals surface area contributed by atoms with Gasteiger partial charge in [0, 0.05) is 18.5 Å². The molecule has 1 heterocycles. The standard InChI is InChI=1S/C7H13N3O2S/c1-6(8)4-10-5-7(3-9-10)13(2,11)12/h3,5-6H,4,8H2,1-2H3. The lowest BCUT2D eigenvalue weighted by atomic mass is 10.4. The van der Waals surface area contributed by atoms with Crippen molar-refractivity contribution in [2.24, 2.45) is 5.73 Å². The summed E-state index contributed by atoms with van der Waals surface area (Å²) in [6.45, 7) is 2.36. The summed E-state index contributed by atoms with van der Waals surface area (Å²) in [5.41, 5.74) is 5.53. The summed E-state index contributed by atoms with van der Waals surface area (Å²) in [7, 11) is -3.14. The van der Waals surface area contributed by atoms with Crippen LogP contribution in [0.5, 0.6) is 0 Å². The Labute approximate surface area is 77.5 Å². The van der Waals surface area contributed by atoms with Crippen molar-refractivity contribution < 1.29 is 8.42 Å². The van der Waals surface area contributed by atoms with Crippen molar-refractivity contribution in [1.82, 2.24) is 9.78 Å². The molecular weight excluding hydrogens is 190 g/mol. The molecule has 1 aromatic heterocycles. The lowest BCUT2D eigenvalue weighted by Crippen LogP contribution is -2.22. The van der Waals surface area contributed by atoms with Gasteiger partial charge in [-0.15, -0.1) is 0 Å². The first-order valence-electron chi connectivity index (χ1n) is 3.87. The quantitative estimate of drug-likeness (QED) is 0.727. The van der Waals surface area contributed by atoms with Gasteiger partial charge in [-0.2, -0.15) is 5.10 Å². The first kappa shape index (κ1) is 10.2. The number of hydrogen-bond donors (Lipinski definition) is 1. The Balaban J connectivity index is 2.88. The maximum Gasteiger partial charge on any atom is 0.178 e. The Morgan fingerprint density at radius 3 is 2.69 bits per heavy atom. The zero-order chi connectivity index (χ0) is 10.1. The van der Waals surface area contributed by atoms with Crippen LogP contribution < -0.4 is 5.73 Å². The van der Waals surface area contributed by atoms with Crippen LogP contribution in [0.2, 0.25) is 0 Å². The van der Waals surface area contributed by atoms with Gasteiger partial charge >= 0.3 is 0 Å². The normalized spacial score (nSPS) is 14.4. The van der Waals surface area contributed by atoms with Gasteiger partial charge in [-0.05, 0) is 6.92 Å². The van der Waals surface area contributed by atoms with Crippen LogP contribution in [0.25, 0.3) is 0 Å². The Morgan fingerprint density at radius 1 is 1.69 bits per heavy atom. The third-order valence-electron chi connectivity index (χ3n) is 1.51. The van der Waals surface area contributed by atoms with Crippen molar-refractivity contribution in [2.45, 2.75) is 24.4 Å². The maximum absolute atomic E-state index is 11.0. The fraction of sp³-hybridized carbons (Fsp3) is 0.571. The van der Waals surface area contributed by atoms with Gasteiger partial charge in [0.1, 0.15) is 4.90 Å². The number of nitrogens with two attached hydrogens (primary N) is 1. The first-order valence-corrected chi connectivity index (χ1v) is 5.77. The molecule has 13 heavy (non-hydrogen) atoms. The van der Waals surface area contributed by atoms with Gasteiger partial charge in [0.2, 0.25) is 0 Å². The van der Waals surface area contributed by atoms with E-state index in [1.165, 1.54) is 17.1 Å². The van der Waals surface area contributed by atoms with Crippen LogP contribution in [0.1, 0.15) is 6.92 Å². The van der Waals surface area contributed by atoms with E-state index in [-0.39, 0.29) is 10.9 Å². The van der Waals surface area contributed by atoms with Crippen LogP contribution in [0.3, 0.4) is 0 Å². The summed E-state index contributed by atoms with van der Waals surface area (Å²) in [5.74, 6) is 0. The second-order valence-electron chi connectivity index (χ2n) is 3.15.